The molecule has 7 aromatic rings. The van der Waals surface area contributed by atoms with Crippen molar-refractivity contribution in [2.24, 2.45) is 0 Å². The molecule has 0 N–H and O–H groups in total. The highest BCUT2D eigenvalue weighted by molar-refractivity contribution is 6.09. The number of rotatable bonds is 6. The van der Waals surface area contributed by atoms with Gasteiger partial charge >= 0.3 is 0 Å². The number of furan rings is 1. The van der Waals surface area contributed by atoms with E-state index in [1.165, 1.54) is 11.1 Å². The van der Waals surface area contributed by atoms with E-state index < -0.39 is 6.85 Å². The molecule has 7 rings (SSSR count). The van der Waals surface area contributed by atoms with Crippen LogP contribution in [0.2, 0.25) is 0 Å². The van der Waals surface area contributed by atoms with E-state index >= 15 is 0 Å². The van der Waals surface area contributed by atoms with Crippen molar-refractivity contribution >= 4 is 21.9 Å². The molecule has 0 atom stereocenters. The maximum absolute atomic E-state index is 8.54. The fourth-order valence-electron chi connectivity index (χ4n) is 6.32. The first-order chi connectivity index (χ1) is 22.6. The monoisotopic (exact) mass is 574 g/mol. The van der Waals surface area contributed by atoms with Gasteiger partial charge in [0.15, 0.2) is 0 Å². The van der Waals surface area contributed by atoms with E-state index in [1.807, 2.05) is 42.5 Å². The molecule has 0 aliphatic carbocycles. The van der Waals surface area contributed by atoms with Gasteiger partial charge in [0, 0.05) is 26.6 Å². The molecule has 0 aliphatic rings. The molecule has 2 aromatic heterocycles. The topological polar surface area (TPSA) is 26.0 Å². The summed E-state index contributed by atoms with van der Waals surface area (Å²) in [6.07, 6.45) is 1.55. The van der Waals surface area contributed by atoms with Crippen molar-refractivity contribution in [3.8, 4) is 44.6 Å². The summed E-state index contributed by atoms with van der Waals surface area (Å²) in [4.78, 5) is 4.75. The SMILES string of the molecule is [2H]C([2H])([2H])c1cnc(-c2cccc3c2oc2ccccc23)cc1-c1c(C(C)C)cc(-c2ccc(-c3ccccc3)cc2)cc1C(C)C. The minimum Gasteiger partial charge on any atom is -0.455 e. The van der Waals surface area contributed by atoms with Gasteiger partial charge in [-0.05, 0) is 87.0 Å². The lowest BCUT2D eigenvalue weighted by atomic mass is 9.81. The molecular weight excluding hydrogens is 534 g/mol. The van der Waals surface area contributed by atoms with Crippen LogP contribution in [-0.4, -0.2) is 4.98 Å². The summed E-state index contributed by atoms with van der Waals surface area (Å²) in [6, 6.07) is 39.6. The van der Waals surface area contributed by atoms with E-state index in [0.717, 1.165) is 55.3 Å². The Kier molecular flexibility index (Phi) is 6.28. The molecule has 44 heavy (non-hydrogen) atoms. The second kappa shape index (κ2) is 11.3. The Morgan fingerprint density at radius 3 is 1.89 bits per heavy atom. The zero-order valence-corrected chi connectivity index (χ0v) is 25.6. The molecule has 0 aliphatic heterocycles. The van der Waals surface area contributed by atoms with Crippen molar-refractivity contribution in [1.29, 1.82) is 0 Å². The number of nitrogens with zero attached hydrogens (tertiary/aromatic N) is 1. The fraction of sp³-hybridized carbons (Fsp3) is 0.167. The molecule has 216 valence electrons. The lowest BCUT2D eigenvalue weighted by Gasteiger charge is -2.24. The smallest absolute Gasteiger partial charge is 0.144 e. The summed E-state index contributed by atoms with van der Waals surface area (Å²) in [5.74, 6) is 0.289. The quantitative estimate of drug-likeness (QED) is 0.197. The van der Waals surface area contributed by atoms with Crippen LogP contribution in [-0.2, 0) is 0 Å². The van der Waals surface area contributed by atoms with Gasteiger partial charge in [-0.15, -0.1) is 0 Å². The molecule has 0 radical (unpaired) electrons. The van der Waals surface area contributed by atoms with Gasteiger partial charge in [-0.3, -0.25) is 4.98 Å². The van der Waals surface area contributed by atoms with E-state index in [2.05, 4.69) is 100 Å². The van der Waals surface area contributed by atoms with Crippen molar-refractivity contribution in [2.45, 2.75) is 46.4 Å². The van der Waals surface area contributed by atoms with Crippen LogP contribution in [0.5, 0.6) is 0 Å². The van der Waals surface area contributed by atoms with Crippen molar-refractivity contribution in [1.82, 2.24) is 4.98 Å². The second-order valence-electron chi connectivity index (χ2n) is 12.2. The highest BCUT2D eigenvalue weighted by Crippen LogP contribution is 2.43. The molecule has 2 nitrogen and oxygen atoms in total. The van der Waals surface area contributed by atoms with Crippen molar-refractivity contribution in [2.75, 3.05) is 0 Å². The van der Waals surface area contributed by atoms with Crippen molar-refractivity contribution < 1.29 is 8.53 Å². The third-order valence-electron chi connectivity index (χ3n) is 8.62. The van der Waals surface area contributed by atoms with Gasteiger partial charge in [0.25, 0.3) is 0 Å². The van der Waals surface area contributed by atoms with E-state index in [-0.39, 0.29) is 17.4 Å². The zero-order chi connectivity index (χ0) is 32.9. The van der Waals surface area contributed by atoms with Crippen LogP contribution < -0.4 is 0 Å². The summed E-state index contributed by atoms with van der Waals surface area (Å²) in [7, 11) is 0. The number of fused-ring (bicyclic) bond motifs is 3. The van der Waals surface area contributed by atoms with E-state index in [0.29, 0.717) is 11.3 Å². The normalized spacial score (nSPS) is 13.0. The lowest BCUT2D eigenvalue weighted by molar-refractivity contribution is 0.670. The highest BCUT2D eigenvalue weighted by Gasteiger charge is 2.21. The first-order valence-electron chi connectivity index (χ1n) is 16.9. The highest BCUT2D eigenvalue weighted by atomic mass is 16.3. The van der Waals surface area contributed by atoms with Crippen LogP contribution in [0.25, 0.3) is 66.6 Å². The number of benzene rings is 5. The van der Waals surface area contributed by atoms with Crippen LogP contribution in [0.4, 0.5) is 0 Å². The van der Waals surface area contributed by atoms with Crippen LogP contribution in [0, 0.1) is 6.85 Å². The third-order valence-corrected chi connectivity index (χ3v) is 8.62. The number of aromatic nitrogens is 1. The first-order valence-corrected chi connectivity index (χ1v) is 15.4. The molecule has 0 saturated carbocycles. The molecule has 2 heterocycles. The molecule has 0 unspecified atom stereocenters. The summed E-state index contributed by atoms with van der Waals surface area (Å²) in [5.41, 5.74) is 11.8. The van der Waals surface area contributed by atoms with E-state index in [9.17, 15) is 0 Å². The molecule has 5 aromatic carbocycles. The first kappa shape index (κ1) is 24.5. The second-order valence-corrected chi connectivity index (χ2v) is 12.2. The predicted octanol–water partition coefficient (Wildman–Crippen LogP) is 12.2. The molecule has 0 amide bonds. The molecule has 0 fully saturated rings. The average Bonchev–Trinajstić information content (AvgIpc) is 3.46. The number of pyridine rings is 1. The molecular formula is C42H37NO. The molecule has 2 heteroatoms. The van der Waals surface area contributed by atoms with Gasteiger partial charge in [-0.1, -0.05) is 125 Å². The average molecular weight is 575 g/mol. The summed E-state index contributed by atoms with van der Waals surface area (Å²) >= 11 is 0. The largest absolute Gasteiger partial charge is 0.455 e. The Labute approximate surface area is 264 Å². The molecule has 0 spiro atoms. The van der Waals surface area contributed by atoms with Gasteiger partial charge < -0.3 is 4.42 Å². The number of aryl methyl sites for hydroxylation is 1. The minimum atomic E-state index is -2.35. The van der Waals surface area contributed by atoms with Crippen LogP contribution in [0.1, 0.15) is 60.3 Å². The van der Waals surface area contributed by atoms with Gasteiger partial charge in [0.2, 0.25) is 0 Å². The Morgan fingerprint density at radius 1 is 0.591 bits per heavy atom. The maximum atomic E-state index is 8.54. The number of hydrogen-bond donors (Lipinski definition) is 0. The number of para-hydroxylation sites is 2. The third kappa shape index (κ3) is 4.91. The maximum Gasteiger partial charge on any atom is 0.144 e. The fourth-order valence-corrected chi connectivity index (χ4v) is 6.32. The number of hydrogen-bond acceptors (Lipinski definition) is 2. The Bertz CT molecular complexity index is 2200. The summed E-state index contributed by atoms with van der Waals surface area (Å²) in [6.45, 7) is 6.37. The van der Waals surface area contributed by atoms with Crippen molar-refractivity contribution in [3.05, 3.63) is 138 Å². The predicted molar refractivity (Wildman–Crippen MR) is 186 cm³/mol. The van der Waals surface area contributed by atoms with Crippen LogP contribution in [0.3, 0.4) is 0 Å². The van der Waals surface area contributed by atoms with Gasteiger partial charge in [0.05, 0.1) is 5.69 Å². The van der Waals surface area contributed by atoms with Gasteiger partial charge in [0.1, 0.15) is 11.2 Å². The van der Waals surface area contributed by atoms with Crippen molar-refractivity contribution in [3.63, 3.8) is 0 Å². The van der Waals surface area contributed by atoms with Gasteiger partial charge in [-0.2, -0.15) is 0 Å². The molecule has 0 saturated heterocycles. The van der Waals surface area contributed by atoms with E-state index in [1.54, 1.807) is 6.20 Å². The zero-order valence-electron chi connectivity index (χ0n) is 28.6. The summed E-state index contributed by atoms with van der Waals surface area (Å²) in [5, 5.41) is 2.05. The minimum absolute atomic E-state index is 0.144. The Hall–Kier alpha value is -4.95. The summed E-state index contributed by atoms with van der Waals surface area (Å²) < 4.78 is 32.0. The van der Waals surface area contributed by atoms with E-state index in [4.69, 9.17) is 13.5 Å². The van der Waals surface area contributed by atoms with Crippen LogP contribution in [0.15, 0.2) is 126 Å². The van der Waals surface area contributed by atoms with Gasteiger partial charge in [-0.25, -0.2) is 0 Å². The van der Waals surface area contributed by atoms with Crippen LogP contribution >= 0.6 is 0 Å². The standard InChI is InChI=1S/C42H37NO/c1-26(2)36-22-32(31-20-18-30(19-21-31)29-12-7-6-8-13-29)23-37(27(3)4)41(36)38-24-39(43-25-28(38)5)35-16-11-15-34-33-14-9-10-17-40(33)44-42(34)35/h6-27H,1-5H3/i5D3. The Morgan fingerprint density at radius 2 is 1.20 bits per heavy atom. The lowest BCUT2D eigenvalue weighted by Crippen LogP contribution is -2.03. The molecule has 0 bridgehead atoms. The Balaban J connectivity index is 1.43.